The summed E-state index contributed by atoms with van der Waals surface area (Å²) in [6, 6.07) is 20.5. The van der Waals surface area contributed by atoms with Crippen LogP contribution in [0.4, 0.5) is 0 Å². The highest BCUT2D eigenvalue weighted by atomic mass is 16.1. The molecule has 1 atom stereocenters. The van der Waals surface area contributed by atoms with Crippen molar-refractivity contribution in [2.75, 3.05) is 13.6 Å². The van der Waals surface area contributed by atoms with Gasteiger partial charge in [-0.05, 0) is 37.6 Å². The van der Waals surface area contributed by atoms with Crippen LogP contribution in [0.5, 0.6) is 0 Å². The SMILES string of the molecule is CNCCCC(=O)NC(Cc1ccccc1)c1ccccc1. The molecule has 0 bridgehead atoms. The molecule has 0 aliphatic rings. The standard InChI is InChI=1S/C19H24N2O/c1-20-14-8-13-19(22)21-18(17-11-6-3-7-12-17)15-16-9-4-2-5-10-16/h2-7,9-12,18,20H,8,13-15H2,1H3,(H,21,22). The van der Waals surface area contributed by atoms with E-state index in [0.717, 1.165) is 24.9 Å². The number of rotatable bonds is 8. The second-order valence-electron chi connectivity index (χ2n) is 5.43. The van der Waals surface area contributed by atoms with Crippen molar-refractivity contribution in [3.63, 3.8) is 0 Å². The van der Waals surface area contributed by atoms with Gasteiger partial charge in [-0.1, -0.05) is 60.7 Å². The summed E-state index contributed by atoms with van der Waals surface area (Å²) >= 11 is 0. The van der Waals surface area contributed by atoms with Crippen molar-refractivity contribution in [2.45, 2.75) is 25.3 Å². The first-order valence-corrected chi connectivity index (χ1v) is 7.82. The lowest BCUT2D eigenvalue weighted by atomic mass is 9.98. The van der Waals surface area contributed by atoms with E-state index in [-0.39, 0.29) is 11.9 Å². The Kier molecular flexibility index (Phi) is 6.65. The Labute approximate surface area is 132 Å². The van der Waals surface area contributed by atoms with Crippen LogP contribution in [-0.4, -0.2) is 19.5 Å². The van der Waals surface area contributed by atoms with E-state index in [9.17, 15) is 4.79 Å². The van der Waals surface area contributed by atoms with Crippen LogP contribution >= 0.6 is 0 Å². The average Bonchev–Trinajstić information content (AvgIpc) is 2.56. The van der Waals surface area contributed by atoms with E-state index in [1.807, 2.05) is 43.4 Å². The Morgan fingerprint density at radius 3 is 2.27 bits per heavy atom. The van der Waals surface area contributed by atoms with Gasteiger partial charge < -0.3 is 10.6 Å². The number of carbonyl (C=O) groups is 1. The zero-order valence-electron chi connectivity index (χ0n) is 13.1. The predicted octanol–water partition coefficient (Wildman–Crippen LogP) is 3.09. The van der Waals surface area contributed by atoms with E-state index < -0.39 is 0 Å². The maximum Gasteiger partial charge on any atom is 0.220 e. The van der Waals surface area contributed by atoms with E-state index in [1.165, 1.54) is 5.56 Å². The molecular weight excluding hydrogens is 272 g/mol. The third-order valence-electron chi connectivity index (χ3n) is 3.65. The van der Waals surface area contributed by atoms with Gasteiger partial charge in [0.05, 0.1) is 6.04 Å². The summed E-state index contributed by atoms with van der Waals surface area (Å²) < 4.78 is 0. The van der Waals surface area contributed by atoms with Gasteiger partial charge in [0.25, 0.3) is 0 Å². The fourth-order valence-corrected chi connectivity index (χ4v) is 2.48. The molecule has 3 heteroatoms. The topological polar surface area (TPSA) is 41.1 Å². The van der Waals surface area contributed by atoms with Crippen LogP contribution in [0.3, 0.4) is 0 Å². The molecule has 0 aromatic heterocycles. The van der Waals surface area contributed by atoms with Crippen molar-refractivity contribution in [2.24, 2.45) is 0 Å². The molecule has 0 radical (unpaired) electrons. The molecule has 3 nitrogen and oxygen atoms in total. The molecule has 2 N–H and O–H groups in total. The second-order valence-corrected chi connectivity index (χ2v) is 5.43. The molecule has 0 aliphatic heterocycles. The largest absolute Gasteiger partial charge is 0.349 e. The third-order valence-corrected chi connectivity index (χ3v) is 3.65. The summed E-state index contributed by atoms with van der Waals surface area (Å²) in [4.78, 5) is 12.2. The molecule has 2 aromatic carbocycles. The summed E-state index contributed by atoms with van der Waals surface area (Å²) in [7, 11) is 1.90. The molecule has 0 aliphatic carbocycles. The summed E-state index contributed by atoms with van der Waals surface area (Å²) in [6.07, 6.45) is 2.22. The van der Waals surface area contributed by atoms with Crippen LogP contribution in [-0.2, 0) is 11.2 Å². The normalized spacial score (nSPS) is 11.9. The van der Waals surface area contributed by atoms with Gasteiger partial charge in [-0.2, -0.15) is 0 Å². The Bertz CT molecular complexity index is 554. The molecular formula is C19H24N2O. The van der Waals surface area contributed by atoms with Gasteiger partial charge >= 0.3 is 0 Å². The molecule has 0 saturated heterocycles. The van der Waals surface area contributed by atoms with E-state index in [2.05, 4.69) is 34.9 Å². The van der Waals surface area contributed by atoms with Crippen LogP contribution < -0.4 is 10.6 Å². The van der Waals surface area contributed by atoms with Gasteiger partial charge in [0.2, 0.25) is 5.91 Å². The molecule has 0 heterocycles. The first-order chi connectivity index (χ1) is 10.8. The Hall–Kier alpha value is -2.13. The van der Waals surface area contributed by atoms with Gasteiger partial charge in [0.15, 0.2) is 0 Å². The molecule has 2 aromatic rings. The van der Waals surface area contributed by atoms with E-state index in [0.29, 0.717) is 6.42 Å². The number of nitrogens with one attached hydrogen (secondary N) is 2. The fourth-order valence-electron chi connectivity index (χ4n) is 2.48. The average molecular weight is 296 g/mol. The smallest absolute Gasteiger partial charge is 0.220 e. The van der Waals surface area contributed by atoms with Gasteiger partial charge in [0, 0.05) is 6.42 Å². The number of hydrogen-bond acceptors (Lipinski definition) is 2. The Balaban J connectivity index is 2.04. The lowest BCUT2D eigenvalue weighted by Crippen LogP contribution is -2.30. The van der Waals surface area contributed by atoms with Gasteiger partial charge in [-0.15, -0.1) is 0 Å². The highest BCUT2D eigenvalue weighted by Gasteiger charge is 2.14. The van der Waals surface area contributed by atoms with Crippen LogP contribution in [0, 0.1) is 0 Å². The summed E-state index contributed by atoms with van der Waals surface area (Å²) in [6.45, 7) is 0.863. The predicted molar refractivity (Wildman–Crippen MR) is 90.6 cm³/mol. The minimum absolute atomic E-state index is 0.0192. The van der Waals surface area contributed by atoms with Crippen molar-refractivity contribution in [3.05, 3.63) is 71.8 Å². The molecule has 2 rings (SSSR count). The first-order valence-electron chi connectivity index (χ1n) is 7.82. The van der Waals surface area contributed by atoms with Crippen molar-refractivity contribution in [1.29, 1.82) is 0 Å². The van der Waals surface area contributed by atoms with Crippen molar-refractivity contribution in [3.8, 4) is 0 Å². The molecule has 0 saturated carbocycles. The maximum absolute atomic E-state index is 12.2. The van der Waals surface area contributed by atoms with Crippen molar-refractivity contribution in [1.82, 2.24) is 10.6 Å². The monoisotopic (exact) mass is 296 g/mol. The van der Waals surface area contributed by atoms with Crippen molar-refractivity contribution < 1.29 is 4.79 Å². The summed E-state index contributed by atoms with van der Waals surface area (Å²) in [5.41, 5.74) is 2.38. The minimum Gasteiger partial charge on any atom is -0.349 e. The van der Waals surface area contributed by atoms with Gasteiger partial charge in [-0.25, -0.2) is 0 Å². The van der Waals surface area contributed by atoms with E-state index in [4.69, 9.17) is 0 Å². The highest BCUT2D eigenvalue weighted by molar-refractivity contribution is 5.76. The quantitative estimate of drug-likeness (QED) is 0.735. The van der Waals surface area contributed by atoms with Crippen LogP contribution in [0.15, 0.2) is 60.7 Å². The van der Waals surface area contributed by atoms with Gasteiger partial charge in [0.1, 0.15) is 0 Å². The van der Waals surface area contributed by atoms with Crippen LogP contribution in [0.25, 0.3) is 0 Å². The minimum atomic E-state index is 0.0192. The van der Waals surface area contributed by atoms with E-state index >= 15 is 0 Å². The molecule has 1 amide bonds. The molecule has 1 unspecified atom stereocenters. The third kappa shape index (κ3) is 5.34. The van der Waals surface area contributed by atoms with Crippen molar-refractivity contribution >= 4 is 5.91 Å². The van der Waals surface area contributed by atoms with E-state index in [1.54, 1.807) is 0 Å². The second kappa shape index (κ2) is 9.00. The zero-order chi connectivity index (χ0) is 15.6. The number of hydrogen-bond donors (Lipinski definition) is 2. The Morgan fingerprint density at radius 1 is 1.00 bits per heavy atom. The summed E-state index contributed by atoms with van der Waals surface area (Å²) in [5, 5.41) is 6.24. The number of amides is 1. The lowest BCUT2D eigenvalue weighted by Gasteiger charge is -2.19. The molecule has 22 heavy (non-hydrogen) atoms. The molecule has 0 fully saturated rings. The zero-order valence-corrected chi connectivity index (χ0v) is 13.1. The Morgan fingerprint density at radius 2 is 1.64 bits per heavy atom. The number of benzene rings is 2. The highest BCUT2D eigenvalue weighted by Crippen LogP contribution is 2.18. The van der Waals surface area contributed by atoms with Gasteiger partial charge in [-0.3, -0.25) is 4.79 Å². The molecule has 0 spiro atoms. The van der Waals surface area contributed by atoms with Crippen LogP contribution in [0.1, 0.15) is 30.0 Å². The van der Waals surface area contributed by atoms with Crippen LogP contribution in [0.2, 0.25) is 0 Å². The lowest BCUT2D eigenvalue weighted by molar-refractivity contribution is -0.121. The number of carbonyl (C=O) groups excluding carboxylic acids is 1. The maximum atomic E-state index is 12.2. The molecule has 116 valence electrons. The summed E-state index contributed by atoms with van der Waals surface area (Å²) in [5.74, 6) is 0.111. The first kappa shape index (κ1) is 16.2. The fraction of sp³-hybridized carbons (Fsp3) is 0.316.